The molecule has 1 fully saturated rings. The van der Waals surface area contributed by atoms with Gasteiger partial charge in [-0.15, -0.1) is 0 Å². The van der Waals surface area contributed by atoms with Gasteiger partial charge in [-0.3, -0.25) is 9.59 Å². The van der Waals surface area contributed by atoms with Crippen molar-refractivity contribution >= 4 is 39.1 Å². The van der Waals surface area contributed by atoms with Crippen LogP contribution in [-0.2, 0) is 17.1 Å². The summed E-state index contributed by atoms with van der Waals surface area (Å²) in [6, 6.07) is 5.97. The zero-order valence-corrected chi connectivity index (χ0v) is 18.0. The Morgan fingerprint density at radius 2 is 1.79 bits per heavy atom. The minimum Gasteiger partial charge on any atom is -0.345 e. The van der Waals surface area contributed by atoms with Gasteiger partial charge in [-0.1, -0.05) is 11.6 Å². The lowest BCUT2D eigenvalue weighted by Gasteiger charge is -2.13. The number of aryl methyl sites for hydroxylation is 1. The second-order valence-corrected chi connectivity index (χ2v) is 9.48. The topological polar surface area (TPSA) is 91.7 Å². The molecular weight excluding hydrogens is 416 g/mol. The number of amides is 2. The van der Waals surface area contributed by atoms with Crippen molar-refractivity contribution < 1.29 is 18.0 Å². The van der Waals surface area contributed by atoms with Crippen molar-refractivity contribution in [2.24, 2.45) is 7.05 Å². The highest BCUT2D eigenvalue weighted by Crippen LogP contribution is 2.25. The number of halogens is 1. The molecule has 0 radical (unpaired) electrons. The Labute approximate surface area is 175 Å². The van der Waals surface area contributed by atoms with E-state index in [-0.39, 0.29) is 21.5 Å². The summed E-state index contributed by atoms with van der Waals surface area (Å²) in [4.78, 5) is 26.2. The number of rotatable bonds is 5. The fraction of sp³-hybridized carbons (Fsp3) is 0.368. The highest BCUT2D eigenvalue weighted by atomic mass is 35.5. The first-order valence-corrected chi connectivity index (χ1v) is 10.9. The molecule has 0 atom stereocenters. The van der Waals surface area contributed by atoms with Crippen LogP contribution < -0.4 is 5.32 Å². The Morgan fingerprint density at radius 3 is 2.38 bits per heavy atom. The molecule has 1 aromatic carbocycles. The number of sulfonamides is 1. The quantitative estimate of drug-likeness (QED) is 0.775. The van der Waals surface area contributed by atoms with Gasteiger partial charge in [-0.05, 0) is 37.1 Å². The van der Waals surface area contributed by atoms with Gasteiger partial charge in [0.05, 0.1) is 10.6 Å². The van der Waals surface area contributed by atoms with Crippen molar-refractivity contribution in [2.75, 3.05) is 32.5 Å². The van der Waals surface area contributed by atoms with Gasteiger partial charge in [-0.2, -0.15) is 4.31 Å². The number of nitrogens with one attached hydrogen (secondary N) is 1. The van der Waals surface area contributed by atoms with E-state index in [1.165, 1.54) is 38.2 Å². The monoisotopic (exact) mass is 438 g/mol. The summed E-state index contributed by atoms with van der Waals surface area (Å²) in [5.41, 5.74) is 0.931. The van der Waals surface area contributed by atoms with E-state index in [9.17, 15) is 18.0 Å². The van der Waals surface area contributed by atoms with E-state index in [0.29, 0.717) is 24.3 Å². The van der Waals surface area contributed by atoms with E-state index in [2.05, 4.69) is 5.32 Å². The lowest BCUT2D eigenvalue weighted by molar-refractivity contribution is 0.0827. The second-order valence-electron chi connectivity index (χ2n) is 7.13. The van der Waals surface area contributed by atoms with Crippen LogP contribution in [0.15, 0.2) is 35.4 Å². The zero-order valence-electron chi connectivity index (χ0n) is 16.5. The highest BCUT2D eigenvalue weighted by Gasteiger charge is 2.29. The predicted molar refractivity (Wildman–Crippen MR) is 111 cm³/mol. The minimum atomic E-state index is -3.61. The van der Waals surface area contributed by atoms with Crippen molar-refractivity contribution in [1.82, 2.24) is 13.8 Å². The molecule has 1 aromatic heterocycles. The third-order valence-electron chi connectivity index (χ3n) is 4.78. The van der Waals surface area contributed by atoms with Crippen LogP contribution in [0.2, 0.25) is 5.02 Å². The van der Waals surface area contributed by atoms with Crippen LogP contribution in [0.4, 0.5) is 5.69 Å². The first-order chi connectivity index (χ1) is 13.6. The molecule has 0 bridgehead atoms. The van der Waals surface area contributed by atoms with Crippen LogP contribution in [0.25, 0.3) is 0 Å². The Bertz CT molecular complexity index is 1060. The normalized spacial score (nSPS) is 14.8. The molecule has 8 nitrogen and oxygen atoms in total. The maximum atomic E-state index is 12.7. The standard InChI is InChI=1S/C19H23ClN4O4S/c1-22(2)19(26)15-7-6-13(10-16(15)20)21-18(25)17-11-14(12-23(17)3)29(27,28)24-8-4-5-9-24/h6-7,10-12H,4-5,8-9H2,1-3H3,(H,21,25). The van der Waals surface area contributed by atoms with Crippen molar-refractivity contribution in [3.8, 4) is 0 Å². The van der Waals surface area contributed by atoms with Gasteiger partial charge in [0.1, 0.15) is 10.6 Å². The molecule has 0 unspecified atom stereocenters. The molecule has 1 N–H and O–H groups in total. The number of hydrogen-bond donors (Lipinski definition) is 1. The molecule has 2 heterocycles. The molecule has 1 aliphatic heterocycles. The van der Waals surface area contributed by atoms with Crippen LogP contribution >= 0.6 is 11.6 Å². The van der Waals surface area contributed by atoms with Gasteiger partial charge >= 0.3 is 0 Å². The predicted octanol–water partition coefficient (Wildman–Crippen LogP) is 2.42. The molecular formula is C19H23ClN4O4S. The van der Waals surface area contributed by atoms with Crippen LogP contribution in [-0.4, -0.2) is 61.2 Å². The van der Waals surface area contributed by atoms with Crippen molar-refractivity contribution in [3.05, 3.63) is 46.7 Å². The molecule has 1 saturated heterocycles. The number of benzene rings is 1. The van der Waals surface area contributed by atoms with E-state index in [0.717, 1.165) is 12.8 Å². The molecule has 3 rings (SSSR count). The Kier molecular flexibility index (Phi) is 6.02. The largest absolute Gasteiger partial charge is 0.345 e. The van der Waals surface area contributed by atoms with E-state index >= 15 is 0 Å². The van der Waals surface area contributed by atoms with E-state index in [1.54, 1.807) is 27.2 Å². The van der Waals surface area contributed by atoms with Gasteiger partial charge in [-0.25, -0.2) is 8.42 Å². The Balaban J connectivity index is 1.80. The molecule has 2 amide bonds. The summed E-state index contributed by atoms with van der Waals surface area (Å²) in [6.07, 6.45) is 3.12. The summed E-state index contributed by atoms with van der Waals surface area (Å²) < 4.78 is 28.3. The summed E-state index contributed by atoms with van der Waals surface area (Å²) in [5, 5.41) is 2.91. The summed E-state index contributed by atoms with van der Waals surface area (Å²) in [6.45, 7) is 0.991. The van der Waals surface area contributed by atoms with Crippen LogP contribution in [0.5, 0.6) is 0 Å². The lowest BCUT2D eigenvalue weighted by atomic mass is 10.2. The molecule has 156 valence electrons. The fourth-order valence-corrected chi connectivity index (χ4v) is 5.03. The lowest BCUT2D eigenvalue weighted by Crippen LogP contribution is -2.27. The van der Waals surface area contributed by atoms with E-state index < -0.39 is 15.9 Å². The molecule has 0 saturated carbocycles. The van der Waals surface area contributed by atoms with Crippen LogP contribution in [0, 0.1) is 0 Å². The molecule has 1 aliphatic rings. The number of hydrogen-bond acceptors (Lipinski definition) is 4. The average Bonchev–Trinajstić information content (AvgIpc) is 3.31. The van der Waals surface area contributed by atoms with E-state index in [4.69, 9.17) is 11.6 Å². The molecule has 10 heteroatoms. The number of anilines is 1. The first-order valence-electron chi connectivity index (χ1n) is 9.10. The second kappa shape index (κ2) is 8.17. The minimum absolute atomic E-state index is 0.0945. The van der Waals surface area contributed by atoms with Gasteiger partial charge in [0.15, 0.2) is 0 Å². The summed E-state index contributed by atoms with van der Waals surface area (Å²) in [5.74, 6) is -0.717. The fourth-order valence-electron chi connectivity index (χ4n) is 3.18. The van der Waals surface area contributed by atoms with Gasteiger partial charge < -0.3 is 14.8 Å². The smallest absolute Gasteiger partial charge is 0.272 e. The number of nitrogens with zero attached hydrogens (tertiary/aromatic N) is 3. The number of carbonyl (C=O) groups is 2. The van der Waals surface area contributed by atoms with E-state index in [1.807, 2.05) is 0 Å². The van der Waals surface area contributed by atoms with Crippen molar-refractivity contribution in [3.63, 3.8) is 0 Å². The average molecular weight is 439 g/mol. The third-order valence-corrected chi connectivity index (χ3v) is 6.96. The number of carbonyl (C=O) groups excluding carboxylic acids is 2. The molecule has 0 spiro atoms. The maximum Gasteiger partial charge on any atom is 0.272 e. The zero-order chi connectivity index (χ0) is 21.3. The van der Waals surface area contributed by atoms with Crippen molar-refractivity contribution in [1.29, 1.82) is 0 Å². The SMILES string of the molecule is CN(C)C(=O)c1ccc(NC(=O)c2cc(S(=O)(=O)N3CCCC3)cn2C)cc1Cl. The number of aromatic nitrogens is 1. The summed E-state index contributed by atoms with van der Waals surface area (Å²) >= 11 is 6.18. The van der Waals surface area contributed by atoms with Crippen molar-refractivity contribution in [2.45, 2.75) is 17.7 Å². The molecule has 29 heavy (non-hydrogen) atoms. The van der Waals surface area contributed by atoms with Gasteiger partial charge in [0, 0.05) is 46.1 Å². The highest BCUT2D eigenvalue weighted by molar-refractivity contribution is 7.89. The van der Waals surface area contributed by atoms with Gasteiger partial charge in [0.2, 0.25) is 10.0 Å². The maximum absolute atomic E-state index is 12.7. The van der Waals surface area contributed by atoms with Crippen LogP contribution in [0.1, 0.15) is 33.7 Å². The molecule has 2 aromatic rings. The molecule has 0 aliphatic carbocycles. The summed E-state index contributed by atoms with van der Waals surface area (Å²) in [7, 11) is 1.25. The van der Waals surface area contributed by atoms with Crippen LogP contribution in [0.3, 0.4) is 0 Å². The third kappa shape index (κ3) is 4.31. The van der Waals surface area contributed by atoms with Gasteiger partial charge in [0.25, 0.3) is 11.8 Å². The Hall–Kier alpha value is -2.36. The Morgan fingerprint density at radius 1 is 1.14 bits per heavy atom. The first kappa shape index (κ1) is 21.4.